The van der Waals surface area contributed by atoms with Crippen molar-refractivity contribution in [3.63, 3.8) is 0 Å². The van der Waals surface area contributed by atoms with Crippen LogP contribution in [0.1, 0.15) is 29.8 Å². The van der Waals surface area contributed by atoms with Gasteiger partial charge in [0.1, 0.15) is 0 Å². The van der Waals surface area contributed by atoms with Gasteiger partial charge < -0.3 is 9.32 Å². The van der Waals surface area contributed by atoms with Gasteiger partial charge in [-0.3, -0.25) is 4.79 Å². The third-order valence-corrected chi connectivity index (χ3v) is 3.42. The van der Waals surface area contributed by atoms with E-state index in [2.05, 4.69) is 4.90 Å². The van der Waals surface area contributed by atoms with Crippen molar-refractivity contribution in [2.75, 3.05) is 11.4 Å². The summed E-state index contributed by atoms with van der Waals surface area (Å²) in [4.78, 5) is 12.8. The smallest absolute Gasteiger partial charge is 0.196 e. The van der Waals surface area contributed by atoms with Gasteiger partial charge in [-0.15, -0.1) is 0 Å². The molecule has 1 saturated carbocycles. The molecule has 2 unspecified atom stereocenters. The predicted molar refractivity (Wildman–Crippen MR) is 52.6 cm³/mol. The van der Waals surface area contributed by atoms with Gasteiger partial charge in [-0.2, -0.15) is 0 Å². The van der Waals surface area contributed by atoms with Gasteiger partial charge in [0.25, 0.3) is 0 Å². The average molecular weight is 191 g/mol. The molecule has 1 aliphatic heterocycles. The fourth-order valence-corrected chi connectivity index (χ4v) is 2.75. The van der Waals surface area contributed by atoms with Gasteiger partial charge in [0.2, 0.25) is 0 Å². The highest BCUT2D eigenvalue weighted by Crippen LogP contribution is 2.40. The van der Waals surface area contributed by atoms with E-state index in [4.69, 9.17) is 4.42 Å². The number of hydrogen-bond donors (Lipinski definition) is 0. The fourth-order valence-electron chi connectivity index (χ4n) is 2.75. The summed E-state index contributed by atoms with van der Waals surface area (Å²) in [7, 11) is 0. The third kappa shape index (κ3) is 1.08. The lowest BCUT2D eigenvalue weighted by molar-refractivity contribution is 0.110. The SMILES string of the molecule is O=Cc1ccc(N2CC3CCC2C3)o1. The molecule has 1 aromatic heterocycles. The van der Waals surface area contributed by atoms with E-state index in [0.717, 1.165) is 24.6 Å². The molecular formula is C11H13NO2. The Morgan fingerprint density at radius 3 is 2.93 bits per heavy atom. The van der Waals surface area contributed by atoms with E-state index >= 15 is 0 Å². The molecule has 0 amide bonds. The maximum Gasteiger partial charge on any atom is 0.196 e. The summed E-state index contributed by atoms with van der Waals surface area (Å²) in [6, 6.07) is 4.31. The van der Waals surface area contributed by atoms with E-state index in [9.17, 15) is 4.79 Å². The topological polar surface area (TPSA) is 33.5 Å². The van der Waals surface area contributed by atoms with Crippen LogP contribution in [-0.4, -0.2) is 18.9 Å². The molecule has 0 N–H and O–H groups in total. The summed E-state index contributed by atoms with van der Waals surface area (Å²) in [5, 5.41) is 0. The first-order valence-electron chi connectivity index (χ1n) is 5.18. The Hall–Kier alpha value is -1.25. The van der Waals surface area contributed by atoms with Gasteiger partial charge in [0, 0.05) is 18.7 Å². The van der Waals surface area contributed by atoms with Crippen LogP contribution in [0.25, 0.3) is 0 Å². The lowest BCUT2D eigenvalue weighted by atomic mass is 10.1. The number of piperidine rings is 1. The fraction of sp³-hybridized carbons (Fsp3) is 0.545. The molecule has 2 atom stereocenters. The summed E-state index contributed by atoms with van der Waals surface area (Å²) < 4.78 is 5.43. The average Bonchev–Trinajstić information content (AvgIpc) is 2.93. The van der Waals surface area contributed by atoms with Crippen molar-refractivity contribution in [3.05, 3.63) is 17.9 Å². The van der Waals surface area contributed by atoms with E-state index < -0.39 is 0 Å². The molecule has 1 saturated heterocycles. The summed E-state index contributed by atoms with van der Waals surface area (Å²) in [6.07, 6.45) is 4.71. The molecule has 0 aromatic carbocycles. The third-order valence-electron chi connectivity index (χ3n) is 3.42. The van der Waals surface area contributed by atoms with Crippen LogP contribution < -0.4 is 4.90 Å². The Morgan fingerprint density at radius 1 is 1.43 bits per heavy atom. The molecule has 2 heterocycles. The number of carbonyl (C=O) groups excluding carboxylic acids is 1. The van der Waals surface area contributed by atoms with Crippen molar-refractivity contribution in [2.24, 2.45) is 5.92 Å². The van der Waals surface area contributed by atoms with Crippen LogP contribution in [0.15, 0.2) is 16.5 Å². The van der Waals surface area contributed by atoms with E-state index in [1.165, 1.54) is 19.3 Å². The Labute approximate surface area is 82.7 Å². The molecule has 2 bridgehead atoms. The van der Waals surface area contributed by atoms with Gasteiger partial charge in [-0.05, 0) is 31.2 Å². The van der Waals surface area contributed by atoms with Crippen molar-refractivity contribution in [1.29, 1.82) is 0 Å². The second kappa shape index (κ2) is 2.87. The van der Waals surface area contributed by atoms with Crippen LogP contribution in [0.2, 0.25) is 0 Å². The van der Waals surface area contributed by atoms with Crippen LogP contribution in [0, 0.1) is 5.92 Å². The Morgan fingerprint density at radius 2 is 2.36 bits per heavy atom. The highest BCUT2D eigenvalue weighted by atomic mass is 16.4. The zero-order valence-corrected chi connectivity index (χ0v) is 7.98. The number of hydrogen-bond acceptors (Lipinski definition) is 3. The first-order chi connectivity index (χ1) is 6.86. The summed E-state index contributed by atoms with van der Waals surface area (Å²) >= 11 is 0. The highest BCUT2D eigenvalue weighted by molar-refractivity contribution is 5.71. The molecular weight excluding hydrogens is 178 g/mol. The zero-order valence-electron chi connectivity index (χ0n) is 7.98. The largest absolute Gasteiger partial charge is 0.438 e. The van der Waals surface area contributed by atoms with Crippen LogP contribution in [0.4, 0.5) is 5.88 Å². The second-order valence-corrected chi connectivity index (χ2v) is 4.28. The van der Waals surface area contributed by atoms with Gasteiger partial charge in [-0.1, -0.05) is 0 Å². The van der Waals surface area contributed by atoms with E-state index in [-0.39, 0.29) is 0 Å². The van der Waals surface area contributed by atoms with Crippen molar-refractivity contribution in [2.45, 2.75) is 25.3 Å². The highest BCUT2D eigenvalue weighted by Gasteiger charge is 2.38. The maximum atomic E-state index is 10.5. The Kier molecular flexibility index (Phi) is 1.66. The number of furan rings is 1. The normalized spacial score (nSPS) is 29.9. The van der Waals surface area contributed by atoms with Crippen LogP contribution >= 0.6 is 0 Å². The van der Waals surface area contributed by atoms with Crippen molar-refractivity contribution < 1.29 is 9.21 Å². The molecule has 3 rings (SSSR count). The van der Waals surface area contributed by atoms with Crippen LogP contribution in [-0.2, 0) is 0 Å². The van der Waals surface area contributed by atoms with Crippen LogP contribution in [0.5, 0.6) is 0 Å². The number of aldehydes is 1. The van der Waals surface area contributed by atoms with Gasteiger partial charge in [-0.25, -0.2) is 0 Å². The summed E-state index contributed by atoms with van der Waals surface area (Å²) in [5.74, 6) is 2.16. The zero-order chi connectivity index (χ0) is 9.54. The molecule has 3 nitrogen and oxygen atoms in total. The molecule has 2 fully saturated rings. The number of anilines is 1. The monoisotopic (exact) mass is 191 g/mol. The van der Waals surface area contributed by atoms with Crippen molar-refractivity contribution in [1.82, 2.24) is 0 Å². The summed E-state index contributed by atoms with van der Waals surface area (Å²) in [5.41, 5.74) is 0. The molecule has 2 aliphatic rings. The Bertz CT molecular complexity index is 358. The van der Waals surface area contributed by atoms with Crippen LogP contribution in [0.3, 0.4) is 0 Å². The summed E-state index contributed by atoms with van der Waals surface area (Å²) in [6.45, 7) is 1.11. The second-order valence-electron chi connectivity index (χ2n) is 4.28. The Balaban J connectivity index is 1.85. The minimum Gasteiger partial charge on any atom is -0.438 e. The van der Waals surface area contributed by atoms with Gasteiger partial charge in [0.15, 0.2) is 17.9 Å². The molecule has 74 valence electrons. The number of fused-ring (bicyclic) bond motifs is 2. The van der Waals surface area contributed by atoms with Gasteiger partial charge in [0.05, 0.1) is 0 Å². The molecule has 1 aromatic rings. The molecule has 0 radical (unpaired) electrons. The predicted octanol–water partition coefficient (Wildman–Crippen LogP) is 2.08. The number of rotatable bonds is 2. The quantitative estimate of drug-likeness (QED) is 0.671. The standard InChI is InChI=1S/C11H13NO2/c13-7-10-3-4-11(14-10)12-6-8-1-2-9(12)5-8/h3-4,7-9H,1-2,5-6H2. The first-order valence-corrected chi connectivity index (χ1v) is 5.18. The first kappa shape index (κ1) is 8.09. The molecule has 0 spiro atoms. The van der Waals surface area contributed by atoms with E-state index in [1.54, 1.807) is 6.07 Å². The minimum absolute atomic E-state index is 0.433. The van der Waals surface area contributed by atoms with Crippen molar-refractivity contribution >= 4 is 12.2 Å². The van der Waals surface area contributed by atoms with Gasteiger partial charge >= 0.3 is 0 Å². The lowest BCUT2D eigenvalue weighted by Crippen LogP contribution is -2.31. The number of nitrogens with zero attached hydrogens (tertiary/aromatic N) is 1. The maximum absolute atomic E-state index is 10.5. The van der Waals surface area contributed by atoms with Crippen molar-refractivity contribution in [3.8, 4) is 0 Å². The minimum atomic E-state index is 0.433. The molecule has 14 heavy (non-hydrogen) atoms. The number of carbonyl (C=O) groups is 1. The molecule has 3 heteroatoms. The lowest BCUT2D eigenvalue weighted by Gasteiger charge is -2.26. The van der Waals surface area contributed by atoms with E-state index in [1.807, 2.05) is 6.07 Å². The molecule has 1 aliphatic carbocycles. The van der Waals surface area contributed by atoms with E-state index in [0.29, 0.717) is 11.8 Å².